The van der Waals surface area contributed by atoms with E-state index in [1.165, 1.54) is 0 Å². The zero-order valence-electron chi connectivity index (χ0n) is 9.79. The molecule has 0 bridgehead atoms. The summed E-state index contributed by atoms with van der Waals surface area (Å²) in [6, 6.07) is 0. The number of sulfonamides is 1. The van der Waals surface area contributed by atoms with Gasteiger partial charge < -0.3 is 10.5 Å². The molecule has 1 rings (SSSR count). The second-order valence-corrected chi connectivity index (χ2v) is 5.05. The van der Waals surface area contributed by atoms with E-state index in [1.807, 2.05) is 0 Å². The van der Waals surface area contributed by atoms with Gasteiger partial charge in [0.2, 0.25) is 0 Å². The molecule has 1 aromatic heterocycles. The Labute approximate surface area is 113 Å². The first-order chi connectivity index (χ1) is 9.27. The van der Waals surface area contributed by atoms with Gasteiger partial charge in [0.15, 0.2) is 10.8 Å². The number of alkyl halides is 6. The zero-order valence-corrected chi connectivity index (χ0v) is 10.6. The minimum atomic E-state index is -5.35. The number of halogens is 6. The summed E-state index contributed by atoms with van der Waals surface area (Å²) in [7, 11) is -4.93. The number of aromatic nitrogens is 1. The lowest BCUT2D eigenvalue weighted by Gasteiger charge is -2.18. The molecule has 0 amide bonds. The summed E-state index contributed by atoms with van der Waals surface area (Å²) in [6.07, 6.45) is -10.5. The summed E-state index contributed by atoms with van der Waals surface area (Å²) in [5.41, 5.74) is 1.75. The summed E-state index contributed by atoms with van der Waals surface area (Å²) in [5.74, 6) is -1.36. The van der Waals surface area contributed by atoms with Crippen LogP contribution in [0.4, 0.5) is 26.3 Å². The molecule has 0 fully saturated rings. The topological polar surface area (TPSA) is 108 Å². The number of pyridine rings is 1. The highest BCUT2D eigenvalue weighted by Gasteiger charge is 2.42. The molecule has 0 aliphatic rings. The fourth-order valence-corrected chi connectivity index (χ4v) is 2.16. The molecule has 120 valence electrons. The van der Waals surface area contributed by atoms with Gasteiger partial charge in [0.05, 0.1) is 6.20 Å². The van der Waals surface area contributed by atoms with Crippen LogP contribution in [-0.4, -0.2) is 19.8 Å². The van der Waals surface area contributed by atoms with Crippen molar-refractivity contribution in [3.63, 3.8) is 0 Å². The molecule has 1 heterocycles. The Morgan fingerprint density at radius 2 is 1.71 bits per heavy atom. The Balaban J connectivity index is 3.71. The summed E-state index contributed by atoms with van der Waals surface area (Å²) in [4.78, 5) is 2.80. The molecule has 0 saturated heterocycles. The van der Waals surface area contributed by atoms with E-state index in [0.717, 1.165) is 0 Å². The lowest BCUT2D eigenvalue weighted by atomic mass is 10.1. The lowest BCUT2D eigenvalue weighted by molar-refractivity contribution is -0.275. The molecule has 0 radical (unpaired) electrons. The van der Waals surface area contributed by atoms with Gasteiger partial charge in [-0.15, -0.1) is 13.2 Å². The molecule has 0 spiro atoms. The van der Waals surface area contributed by atoms with Gasteiger partial charge in [-0.25, -0.2) is 18.5 Å². The van der Waals surface area contributed by atoms with Crippen LogP contribution < -0.4 is 15.6 Å². The average Bonchev–Trinajstić information content (AvgIpc) is 2.23. The van der Waals surface area contributed by atoms with Crippen LogP contribution in [0.15, 0.2) is 11.2 Å². The van der Waals surface area contributed by atoms with Crippen molar-refractivity contribution in [2.45, 2.75) is 24.1 Å². The Morgan fingerprint density at radius 1 is 1.19 bits per heavy atom. The second kappa shape index (κ2) is 5.31. The fourth-order valence-electron chi connectivity index (χ4n) is 1.44. The summed E-state index contributed by atoms with van der Waals surface area (Å²) in [6.45, 7) is -1.08. The molecule has 0 saturated carbocycles. The maximum atomic E-state index is 12.9. The monoisotopic (exact) mass is 339 g/mol. The van der Waals surface area contributed by atoms with Crippen molar-refractivity contribution in [2.75, 3.05) is 0 Å². The lowest BCUT2D eigenvalue weighted by Crippen LogP contribution is -2.26. The fraction of sp³-hybridized carbons (Fsp3) is 0.375. The minimum absolute atomic E-state index is 0.157. The van der Waals surface area contributed by atoms with Crippen molar-refractivity contribution in [3.8, 4) is 5.75 Å². The van der Waals surface area contributed by atoms with Crippen LogP contribution in [0, 0.1) is 0 Å². The third-order valence-electron chi connectivity index (χ3n) is 2.09. The van der Waals surface area contributed by atoms with Crippen LogP contribution in [0.1, 0.15) is 11.1 Å². The van der Waals surface area contributed by atoms with E-state index in [9.17, 15) is 34.8 Å². The molecule has 21 heavy (non-hydrogen) atoms. The van der Waals surface area contributed by atoms with Crippen LogP contribution >= 0.6 is 0 Å². The van der Waals surface area contributed by atoms with Crippen LogP contribution in [0.2, 0.25) is 0 Å². The third kappa shape index (κ3) is 4.18. The molecule has 0 atom stereocenters. The smallest absolute Gasteiger partial charge is 0.404 e. The van der Waals surface area contributed by atoms with Gasteiger partial charge in [-0.3, -0.25) is 0 Å². The van der Waals surface area contributed by atoms with Crippen molar-refractivity contribution in [2.24, 2.45) is 10.9 Å². The van der Waals surface area contributed by atoms with Gasteiger partial charge in [0.1, 0.15) is 5.56 Å². The summed E-state index contributed by atoms with van der Waals surface area (Å²) in [5, 5.41) is 2.93. The molecular weight excluding hydrogens is 332 g/mol. The van der Waals surface area contributed by atoms with E-state index in [-0.39, 0.29) is 6.20 Å². The predicted molar refractivity (Wildman–Crippen MR) is 55.2 cm³/mol. The van der Waals surface area contributed by atoms with Crippen LogP contribution in [0.3, 0.4) is 0 Å². The second-order valence-electron chi connectivity index (χ2n) is 3.58. The van der Waals surface area contributed by atoms with Gasteiger partial charge in [0.25, 0.3) is 10.0 Å². The van der Waals surface area contributed by atoms with Gasteiger partial charge >= 0.3 is 12.5 Å². The van der Waals surface area contributed by atoms with Gasteiger partial charge in [0, 0.05) is 12.1 Å². The molecule has 1 aromatic rings. The molecule has 0 aliphatic carbocycles. The van der Waals surface area contributed by atoms with Gasteiger partial charge in [-0.1, -0.05) is 0 Å². The first-order valence-electron chi connectivity index (χ1n) is 4.85. The normalized spacial score (nSPS) is 13.3. The van der Waals surface area contributed by atoms with Crippen molar-refractivity contribution < 1.29 is 39.5 Å². The highest BCUT2D eigenvalue weighted by atomic mass is 32.2. The molecular formula is C8H7F6N3O3S. The van der Waals surface area contributed by atoms with E-state index in [1.54, 1.807) is 0 Å². The number of rotatable bonds is 3. The Morgan fingerprint density at radius 3 is 2.05 bits per heavy atom. The maximum Gasteiger partial charge on any atom is 0.573 e. The van der Waals surface area contributed by atoms with Crippen molar-refractivity contribution in [1.29, 1.82) is 0 Å². The minimum Gasteiger partial charge on any atom is -0.404 e. The van der Waals surface area contributed by atoms with Crippen molar-refractivity contribution >= 4 is 10.0 Å². The molecule has 4 N–H and O–H groups in total. The predicted octanol–water partition coefficient (Wildman–Crippen LogP) is 1.11. The molecule has 0 aromatic carbocycles. The summed E-state index contributed by atoms with van der Waals surface area (Å²) < 4.78 is 100. The first-order valence-corrected chi connectivity index (χ1v) is 6.39. The van der Waals surface area contributed by atoms with Crippen LogP contribution in [0.5, 0.6) is 5.75 Å². The molecule has 6 nitrogen and oxygen atoms in total. The summed E-state index contributed by atoms with van der Waals surface area (Å²) >= 11 is 0. The van der Waals surface area contributed by atoms with E-state index in [4.69, 9.17) is 5.73 Å². The first kappa shape index (κ1) is 17.5. The maximum absolute atomic E-state index is 12.9. The SMILES string of the molecule is NCc1c(OC(F)(F)F)cnc(S(N)(=O)=O)c1C(F)(F)F. The largest absolute Gasteiger partial charge is 0.573 e. The number of nitrogens with zero attached hydrogens (tertiary/aromatic N) is 1. The number of hydrogen-bond acceptors (Lipinski definition) is 5. The van der Waals surface area contributed by atoms with Crippen molar-refractivity contribution in [3.05, 3.63) is 17.3 Å². The highest BCUT2D eigenvalue weighted by molar-refractivity contribution is 7.89. The highest BCUT2D eigenvalue weighted by Crippen LogP contribution is 2.40. The number of hydrogen-bond donors (Lipinski definition) is 2. The van der Waals surface area contributed by atoms with E-state index >= 15 is 0 Å². The Hall–Kier alpha value is -1.60. The standard InChI is InChI=1S/C8H7F6N3O3S/c9-7(10,11)5-3(1-15)4(20-8(12,13)14)2-17-6(5)21(16,18)19/h2H,1,15H2,(H2,16,18,19). The molecule has 0 unspecified atom stereocenters. The number of ether oxygens (including phenoxy) is 1. The molecule has 0 aliphatic heterocycles. The third-order valence-corrected chi connectivity index (χ3v) is 2.94. The van der Waals surface area contributed by atoms with Crippen LogP contribution in [0.25, 0.3) is 0 Å². The van der Waals surface area contributed by atoms with E-state index < -0.39 is 51.0 Å². The van der Waals surface area contributed by atoms with E-state index in [0.29, 0.717) is 0 Å². The Bertz CT molecular complexity index is 640. The van der Waals surface area contributed by atoms with Crippen molar-refractivity contribution in [1.82, 2.24) is 4.98 Å². The average molecular weight is 339 g/mol. The van der Waals surface area contributed by atoms with E-state index in [2.05, 4.69) is 14.9 Å². The van der Waals surface area contributed by atoms with Gasteiger partial charge in [-0.05, 0) is 0 Å². The molecule has 13 heteroatoms. The Kier molecular flexibility index (Phi) is 4.41. The quantitative estimate of drug-likeness (QED) is 0.802. The van der Waals surface area contributed by atoms with Gasteiger partial charge in [-0.2, -0.15) is 13.2 Å². The zero-order chi connectivity index (χ0) is 16.6. The number of nitrogens with two attached hydrogens (primary N) is 2. The van der Waals surface area contributed by atoms with Crippen LogP contribution in [-0.2, 0) is 22.7 Å². The number of primary sulfonamides is 1.